The number of fused-ring (bicyclic) bond motifs is 1. The number of hydrogen-bond donors (Lipinski definition) is 1. The predicted octanol–water partition coefficient (Wildman–Crippen LogP) is 3.18. The third-order valence-electron chi connectivity index (χ3n) is 4.04. The summed E-state index contributed by atoms with van der Waals surface area (Å²) >= 11 is 1.83. The normalized spacial score (nSPS) is 21.9. The molecule has 0 saturated heterocycles. The molecule has 3 rings (SSSR count). The molecule has 4 nitrogen and oxygen atoms in total. The SMILES string of the molecule is CCC(C)(N)c1noc(C2CCCc3sccc32)n1. The van der Waals surface area contributed by atoms with E-state index in [9.17, 15) is 0 Å². The summed E-state index contributed by atoms with van der Waals surface area (Å²) in [7, 11) is 0. The van der Waals surface area contributed by atoms with E-state index in [-0.39, 0.29) is 5.92 Å². The molecule has 2 heterocycles. The summed E-state index contributed by atoms with van der Waals surface area (Å²) in [5.74, 6) is 1.59. The summed E-state index contributed by atoms with van der Waals surface area (Å²) in [6, 6.07) is 2.19. The first-order chi connectivity index (χ1) is 9.12. The summed E-state index contributed by atoms with van der Waals surface area (Å²) < 4.78 is 5.48. The Bertz CT molecular complexity index is 573. The third kappa shape index (κ3) is 2.21. The van der Waals surface area contributed by atoms with Crippen molar-refractivity contribution in [2.24, 2.45) is 5.73 Å². The molecule has 0 saturated carbocycles. The van der Waals surface area contributed by atoms with Crippen molar-refractivity contribution in [2.45, 2.75) is 51.0 Å². The molecule has 0 radical (unpaired) electrons. The van der Waals surface area contributed by atoms with Gasteiger partial charge in [-0.05, 0) is 49.6 Å². The van der Waals surface area contributed by atoms with Gasteiger partial charge in [0.25, 0.3) is 0 Å². The van der Waals surface area contributed by atoms with Crippen molar-refractivity contribution in [3.8, 4) is 0 Å². The van der Waals surface area contributed by atoms with Gasteiger partial charge in [-0.3, -0.25) is 0 Å². The first kappa shape index (κ1) is 12.8. The molecule has 2 unspecified atom stereocenters. The Morgan fingerprint density at radius 2 is 2.42 bits per heavy atom. The highest BCUT2D eigenvalue weighted by Crippen LogP contribution is 2.38. The van der Waals surface area contributed by atoms with Crippen LogP contribution in [-0.4, -0.2) is 10.1 Å². The first-order valence-electron chi connectivity index (χ1n) is 6.81. The molecule has 0 spiro atoms. The fourth-order valence-corrected chi connectivity index (χ4v) is 3.50. The molecule has 2 atom stereocenters. The number of rotatable bonds is 3. The van der Waals surface area contributed by atoms with Crippen LogP contribution in [0.2, 0.25) is 0 Å². The average molecular weight is 277 g/mol. The summed E-state index contributed by atoms with van der Waals surface area (Å²) in [5, 5.41) is 6.24. The standard InChI is InChI=1S/C14H19N3OS/c1-3-14(2,15)13-16-12(18-17-13)10-5-4-6-11-9(10)7-8-19-11/h7-8,10H,3-6,15H2,1-2H3. The van der Waals surface area contributed by atoms with E-state index in [1.165, 1.54) is 23.3 Å². The highest BCUT2D eigenvalue weighted by molar-refractivity contribution is 7.10. The Morgan fingerprint density at radius 3 is 3.21 bits per heavy atom. The number of thiophene rings is 1. The Morgan fingerprint density at radius 1 is 1.58 bits per heavy atom. The molecule has 0 aromatic carbocycles. The maximum absolute atomic E-state index is 6.17. The summed E-state index contributed by atoms with van der Waals surface area (Å²) in [6.45, 7) is 3.98. The van der Waals surface area contributed by atoms with Gasteiger partial charge in [-0.15, -0.1) is 11.3 Å². The number of nitrogens with zero attached hydrogens (tertiary/aromatic N) is 2. The molecular formula is C14H19N3OS. The van der Waals surface area contributed by atoms with Crippen LogP contribution >= 0.6 is 11.3 Å². The van der Waals surface area contributed by atoms with E-state index in [0.717, 1.165) is 18.7 Å². The second-order valence-corrected chi connectivity index (χ2v) is 6.47. The van der Waals surface area contributed by atoms with Gasteiger partial charge in [0.2, 0.25) is 5.89 Å². The zero-order valence-electron chi connectivity index (χ0n) is 11.3. The van der Waals surface area contributed by atoms with E-state index in [1.807, 2.05) is 25.2 Å². The molecule has 102 valence electrons. The van der Waals surface area contributed by atoms with E-state index in [4.69, 9.17) is 10.3 Å². The first-order valence-corrected chi connectivity index (χ1v) is 7.69. The quantitative estimate of drug-likeness (QED) is 0.935. The molecule has 19 heavy (non-hydrogen) atoms. The Balaban J connectivity index is 1.93. The monoisotopic (exact) mass is 277 g/mol. The lowest BCUT2D eigenvalue weighted by Crippen LogP contribution is -2.33. The van der Waals surface area contributed by atoms with Gasteiger partial charge in [0.15, 0.2) is 5.82 Å². The van der Waals surface area contributed by atoms with Crippen molar-refractivity contribution in [3.63, 3.8) is 0 Å². The van der Waals surface area contributed by atoms with Crippen LogP contribution in [0.15, 0.2) is 16.0 Å². The van der Waals surface area contributed by atoms with Gasteiger partial charge in [0.05, 0.1) is 11.5 Å². The molecule has 2 aromatic heterocycles. The van der Waals surface area contributed by atoms with Crippen LogP contribution in [0, 0.1) is 0 Å². The smallest absolute Gasteiger partial charge is 0.234 e. The zero-order valence-corrected chi connectivity index (χ0v) is 12.2. The van der Waals surface area contributed by atoms with Crippen molar-refractivity contribution in [1.82, 2.24) is 10.1 Å². The van der Waals surface area contributed by atoms with Crippen LogP contribution in [-0.2, 0) is 12.0 Å². The van der Waals surface area contributed by atoms with Gasteiger partial charge in [-0.25, -0.2) is 0 Å². The van der Waals surface area contributed by atoms with Gasteiger partial charge in [0.1, 0.15) is 0 Å². The average Bonchev–Trinajstić information content (AvgIpc) is 3.07. The lowest BCUT2D eigenvalue weighted by Gasteiger charge is -2.19. The van der Waals surface area contributed by atoms with Crippen molar-refractivity contribution in [2.75, 3.05) is 0 Å². The molecule has 0 aliphatic heterocycles. The molecule has 1 aliphatic rings. The molecule has 1 aliphatic carbocycles. The van der Waals surface area contributed by atoms with Crippen molar-refractivity contribution in [3.05, 3.63) is 33.6 Å². The van der Waals surface area contributed by atoms with Gasteiger partial charge in [0, 0.05) is 4.88 Å². The molecule has 0 bridgehead atoms. The number of nitrogens with two attached hydrogens (primary N) is 1. The second kappa shape index (κ2) is 4.72. The van der Waals surface area contributed by atoms with Gasteiger partial charge >= 0.3 is 0 Å². The van der Waals surface area contributed by atoms with E-state index in [0.29, 0.717) is 5.82 Å². The maximum atomic E-state index is 6.17. The van der Waals surface area contributed by atoms with Crippen molar-refractivity contribution < 1.29 is 4.52 Å². The molecular weight excluding hydrogens is 258 g/mol. The van der Waals surface area contributed by atoms with Gasteiger partial charge in [-0.2, -0.15) is 4.98 Å². The fourth-order valence-electron chi connectivity index (χ4n) is 2.51. The van der Waals surface area contributed by atoms with Crippen LogP contribution in [0.1, 0.15) is 61.2 Å². The largest absolute Gasteiger partial charge is 0.339 e. The lowest BCUT2D eigenvalue weighted by molar-refractivity contribution is 0.337. The van der Waals surface area contributed by atoms with Gasteiger partial charge < -0.3 is 10.3 Å². The highest BCUT2D eigenvalue weighted by atomic mass is 32.1. The van der Waals surface area contributed by atoms with E-state index < -0.39 is 5.54 Å². The molecule has 0 amide bonds. The van der Waals surface area contributed by atoms with Crippen LogP contribution in [0.5, 0.6) is 0 Å². The fraction of sp³-hybridized carbons (Fsp3) is 0.571. The molecule has 0 fully saturated rings. The molecule has 2 aromatic rings. The van der Waals surface area contributed by atoms with Crippen molar-refractivity contribution >= 4 is 11.3 Å². The van der Waals surface area contributed by atoms with Crippen LogP contribution in [0.25, 0.3) is 0 Å². The minimum absolute atomic E-state index is 0.254. The van der Waals surface area contributed by atoms with Gasteiger partial charge in [-0.1, -0.05) is 12.1 Å². The Labute approximate surface area is 117 Å². The third-order valence-corrected chi connectivity index (χ3v) is 5.03. The van der Waals surface area contributed by atoms with E-state index in [1.54, 1.807) is 0 Å². The Kier molecular flexibility index (Phi) is 3.19. The van der Waals surface area contributed by atoms with E-state index in [2.05, 4.69) is 21.6 Å². The minimum atomic E-state index is -0.506. The highest BCUT2D eigenvalue weighted by Gasteiger charge is 2.31. The summed E-state index contributed by atoms with van der Waals surface area (Å²) in [5.41, 5.74) is 7.03. The van der Waals surface area contributed by atoms with Crippen LogP contribution in [0.3, 0.4) is 0 Å². The number of hydrogen-bond acceptors (Lipinski definition) is 5. The topological polar surface area (TPSA) is 64.9 Å². The summed E-state index contributed by atoms with van der Waals surface area (Å²) in [4.78, 5) is 6.02. The van der Waals surface area contributed by atoms with Crippen LogP contribution < -0.4 is 5.73 Å². The predicted molar refractivity (Wildman–Crippen MR) is 75.2 cm³/mol. The zero-order chi connectivity index (χ0) is 13.5. The van der Waals surface area contributed by atoms with Crippen LogP contribution in [0.4, 0.5) is 0 Å². The number of aryl methyl sites for hydroxylation is 1. The lowest BCUT2D eigenvalue weighted by atomic mass is 9.87. The number of aromatic nitrogens is 2. The second-order valence-electron chi connectivity index (χ2n) is 5.47. The van der Waals surface area contributed by atoms with E-state index >= 15 is 0 Å². The Hall–Kier alpha value is -1.20. The minimum Gasteiger partial charge on any atom is -0.339 e. The molecule has 2 N–H and O–H groups in total. The summed E-state index contributed by atoms with van der Waals surface area (Å²) in [6.07, 6.45) is 4.23. The van der Waals surface area contributed by atoms with Crippen molar-refractivity contribution in [1.29, 1.82) is 0 Å². The maximum Gasteiger partial charge on any atom is 0.234 e. The molecule has 5 heteroatoms.